The summed E-state index contributed by atoms with van der Waals surface area (Å²) in [4.78, 5) is 23.9. The van der Waals surface area contributed by atoms with Crippen LogP contribution in [-0.2, 0) is 14.3 Å². The molecule has 1 amide bonds. The molecule has 0 aromatic rings. The predicted octanol–water partition coefficient (Wildman–Crippen LogP) is 2.39. The molecule has 1 atom stereocenters. The second-order valence-electron chi connectivity index (χ2n) is 3.35. The second kappa shape index (κ2) is 6.44. The highest BCUT2D eigenvalue weighted by molar-refractivity contribution is 9.11. The van der Waals surface area contributed by atoms with Gasteiger partial charge in [0.15, 0.2) is 0 Å². The molecule has 1 heterocycles. The number of halogens is 1. The maximum Gasteiger partial charge on any atom is 0.417 e. The van der Waals surface area contributed by atoms with E-state index in [4.69, 9.17) is 4.74 Å². The topological polar surface area (TPSA) is 55.8 Å². The van der Waals surface area contributed by atoms with Crippen LogP contribution in [0, 0.1) is 5.92 Å². The Morgan fingerprint density at radius 2 is 2.24 bits per heavy atom. The summed E-state index contributed by atoms with van der Waals surface area (Å²) >= 11 is 3.32. The zero-order valence-electron chi connectivity index (χ0n) is 9.68. The van der Waals surface area contributed by atoms with E-state index in [0.717, 1.165) is 4.48 Å². The summed E-state index contributed by atoms with van der Waals surface area (Å²) < 4.78 is 10.2. The molecule has 1 unspecified atom stereocenters. The van der Waals surface area contributed by atoms with Gasteiger partial charge < -0.3 is 9.47 Å². The fourth-order valence-electron chi connectivity index (χ4n) is 1.34. The molecule has 0 aliphatic carbocycles. The lowest BCUT2D eigenvalue weighted by atomic mass is 10.0. The van der Waals surface area contributed by atoms with Crippen molar-refractivity contribution in [2.45, 2.75) is 13.3 Å². The Balaban J connectivity index is 2.61. The van der Waals surface area contributed by atoms with Crippen LogP contribution in [0.1, 0.15) is 13.3 Å². The number of hydrogen-bond acceptors (Lipinski definition) is 4. The molecule has 0 aromatic carbocycles. The molecule has 1 rings (SSSR count). The molecule has 0 aromatic heterocycles. The average Bonchev–Trinajstić information content (AvgIpc) is 2.31. The van der Waals surface area contributed by atoms with Crippen molar-refractivity contribution in [3.63, 3.8) is 0 Å². The van der Waals surface area contributed by atoms with Crippen LogP contribution in [0.3, 0.4) is 0 Å². The van der Waals surface area contributed by atoms with Crippen molar-refractivity contribution in [3.05, 3.63) is 23.0 Å². The van der Waals surface area contributed by atoms with Crippen molar-refractivity contribution in [2.24, 2.45) is 5.92 Å². The minimum Gasteiger partial charge on any atom is -0.466 e. The van der Waals surface area contributed by atoms with E-state index >= 15 is 0 Å². The van der Waals surface area contributed by atoms with E-state index in [1.54, 1.807) is 25.4 Å². The fraction of sp³-hybridized carbons (Fsp3) is 0.455. The van der Waals surface area contributed by atoms with Crippen LogP contribution in [-0.4, -0.2) is 30.7 Å². The van der Waals surface area contributed by atoms with Crippen molar-refractivity contribution in [2.75, 3.05) is 13.7 Å². The minimum atomic E-state index is -0.479. The van der Waals surface area contributed by atoms with Crippen molar-refractivity contribution in [1.29, 1.82) is 0 Å². The Kier molecular flexibility index (Phi) is 5.21. The molecule has 5 nitrogen and oxygen atoms in total. The molecule has 17 heavy (non-hydrogen) atoms. The molecular weight excluding hydrogens is 290 g/mol. The third-order valence-corrected chi connectivity index (χ3v) is 2.97. The van der Waals surface area contributed by atoms with E-state index in [1.165, 1.54) is 12.0 Å². The quantitative estimate of drug-likeness (QED) is 0.751. The molecule has 94 valence electrons. The summed E-state index contributed by atoms with van der Waals surface area (Å²) in [5.41, 5.74) is 0. The van der Waals surface area contributed by atoms with E-state index in [0.29, 0.717) is 6.61 Å². The summed E-state index contributed by atoms with van der Waals surface area (Å²) in [6, 6.07) is 0. The number of rotatable bonds is 3. The highest BCUT2D eigenvalue weighted by Gasteiger charge is 2.21. The standard InChI is InChI=1S/C11H14BrNO4/c1-3-17-10(14)6-8-4-5-13(7-9(8)12)11(15)16-2/h4-5,7-8H,3,6H2,1-2H3. The Labute approximate surface area is 108 Å². The minimum absolute atomic E-state index is 0.102. The molecular formula is C11H14BrNO4. The summed E-state index contributed by atoms with van der Waals surface area (Å²) in [5, 5.41) is 0. The molecule has 0 bridgehead atoms. The zero-order valence-corrected chi connectivity index (χ0v) is 11.3. The average molecular weight is 304 g/mol. The fourth-order valence-corrected chi connectivity index (χ4v) is 1.88. The van der Waals surface area contributed by atoms with Crippen molar-refractivity contribution in [3.8, 4) is 0 Å². The summed E-state index contributed by atoms with van der Waals surface area (Å²) in [7, 11) is 1.31. The molecule has 0 radical (unpaired) electrons. The molecule has 0 N–H and O–H groups in total. The van der Waals surface area contributed by atoms with Gasteiger partial charge in [-0.05, 0) is 6.92 Å². The third kappa shape index (κ3) is 3.89. The lowest BCUT2D eigenvalue weighted by Crippen LogP contribution is -2.24. The number of carbonyl (C=O) groups is 2. The van der Waals surface area contributed by atoms with Gasteiger partial charge in [-0.15, -0.1) is 0 Å². The van der Waals surface area contributed by atoms with E-state index in [2.05, 4.69) is 20.7 Å². The summed E-state index contributed by atoms with van der Waals surface area (Å²) in [6.07, 6.45) is 4.66. The van der Waals surface area contributed by atoms with Gasteiger partial charge in [0.1, 0.15) is 0 Å². The number of ether oxygens (including phenoxy) is 2. The van der Waals surface area contributed by atoms with Gasteiger partial charge in [0.2, 0.25) is 0 Å². The monoisotopic (exact) mass is 303 g/mol. The van der Waals surface area contributed by atoms with Gasteiger partial charge in [0.25, 0.3) is 0 Å². The van der Waals surface area contributed by atoms with Crippen LogP contribution in [0.5, 0.6) is 0 Å². The maximum atomic E-state index is 11.3. The number of carbonyl (C=O) groups excluding carboxylic acids is 2. The number of allylic oxidation sites excluding steroid dienone is 2. The first-order valence-corrected chi connectivity index (χ1v) is 5.95. The molecule has 0 saturated carbocycles. The lowest BCUT2D eigenvalue weighted by molar-refractivity contribution is -0.143. The molecule has 6 heteroatoms. The Morgan fingerprint density at radius 1 is 1.53 bits per heavy atom. The first-order chi connectivity index (χ1) is 8.08. The normalized spacial score (nSPS) is 18.6. The lowest BCUT2D eigenvalue weighted by Gasteiger charge is -2.21. The summed E-state index contributed by atoms with van der Waals surface area (Å²) in [5.74, 6) is -0.367. The predicted molar refractivity (Wildman–Crippen MR) is 65.1 cm³/mol. The van der Waals surface area contributed by atoms with Crippen molar-refractivity contribution < 1.29 is 19.1 Å². The Hall–Kier alpha value is -1.30. The van der Waals surface area contributed by atoms with Crippen LogP contribution in [0.25, 0.3) is 0 Å². The first kappa shape index (κ1) is 13.8. The number of methoxy groups -OCH3 is 1. The van der Waals surface area contributed by atoms with Gasteiger partial charge in [-0.1, -0.05) is 22.0 Å². The smallest absolute Gasteiger partial charge is 0.417 e. The van der Waals surface area contributed by atoms with Gasteiger partial charge >= 0.3 is 12.1 Å². The van der Waals surface area contributed by atoms with Crippen LogP contribution >= 0.6 is 15.9 Å². The molecule has 0 spiro atoms. The van der Waals surface area contributed by atoms with E-state index in [-0.39, 0.29) is 18.3 Å². The number of esters is 1. The van der Waals surface area contributed by atoms with Crippen LogP contribution < -0.4 is 0 Å². The van der Waals surface area contributed by atoms with Gasteiger partial charge in [-0.2, -0.15) is 0 Å². The SMILES string of the molecule is CCOC(=O)CC1C=CN(C(=O)OC)C=C1Br. The van der Waals surface area contributed by atoms with E-state index in [1.807, 2.05) is 0 Å². The second-order valence-corrected chi connectivity index (χ2v) is 4.26. The van der Waals surface area contributed by atoms with Crippen molar-refractivity contribution in [1.82, 2.24) is 4.90 Å². The summed E-state index contributed by atoms with van der Waals surface area (Å²) in [6.45, 7) is 2.13. The number of amides is 1. The van der Waals surface area contributed by atoms with Crippen molar-refractivity contribution >= 4 is 28.0 Å². The molecule has 0 saturated heterocycles. The first-order valence-electron chi connectivity index (χ1n) is 5.16. The van der Waals surface area contributed by atoms with E-state index in [9.17, 15) is 9.59 Å². The largest absolute Gasteiger partial charge is 0.466 e. The molecule has 1 aliphatic heterocycles. The number of hydrogen-bond donors (Lipinski definition) is 0. The molecule has 1 aliphatic rings. The van der Waals surface area contributed by atoms with Gasteiger partial charge in [-0.3, -0.25) is 9.69 Å². The highest BCUT2D eigenvalue weighted by Crippen LogP contribution is 2.27. The van der Waals surface area contributed by atoms with Crippen LogP contribution in [0.4, 0.5) is 4.79 Å². The van der Waals surface area contributed by atoms with Crippen LogP contribution in [0.15, 0.2) is 23.0 Å². The van der Waals surface area contributed by atoms with E-state index < -0.39 is 6.09 Å². The Morgan fingerprint density at radius 3 is 2.76 bits per heavy atom. The number of nitrogens with zero attached hydrogens (tertiary/aromatic N) is 1. The highest BCUT2D eigenvalue weighted by atomic mass is 79.9. The zero-order chi connectivity index (χ0) is 12.8. The van der Waals surface area contributed by atoms with Gasteiger partial charge in [-0.25, -0.2) is 4.79 Å². The maximum absolute atomic E-state index is 11.3. The van der Waals surface area contributed by atoms with Crippen LogP contribution in [0.2, 0.25) is 0 Å². The Bertz CT molecular complexity index is 364. The van der Waals surface area contributed by atoms with Gasteiger partial charge in [0, 0.05) is 22.8 Å². The van der Waals surface area contributed by atoms with Gasteiger partial charge in [0.05, 0.1) is 20.1 Å². The molecule has 0 fully saturated rings. The third-order valence-electron chi connectivity index (χ3n) is 2.17.